The monoisotopic (exact) mass is 261 g/mol. The second-order valence-corrected chi connectivity index (χ2v) is 5.39. The molecule has 0 atom stereocenters. The second kappa shape index (κ2) is 6.45. The number of rotatable bonds is 4. The molecule has 0 saturated heterocycles. The molecule has 2 rings (SSSR count). The quantitative estimate of drug-likeness (QED) is 0.379. The lowest BCUT2D eigenvalue weighted by Gasteiger charge is -2.29. The molecule has 4 heteroatoms. The van der Waals surface area contributed by atoms with Crippen LogP contribution in [0.2, 0.25) is 0 Å². The third-order valence-electron chi connectivity index (χ3n) is 3.96. The highest BCUT2D eigenvalue weighted by Gasteiger charge is 2.17. The number of hydrogen-bond acceptors (Lipinski definition) is 3. The molecule has 0 unspecified atom stereocenters. The number of amidine groups is 1. The van der Waals surface area contributed by atoms with Crippen LogP contribution in [0.1, 0.15) is 37.7 Å². The van der Waals surface area contributed by atoms with Gasteiger partial charge in [-0.25, -0.2) is 0 Å². The van der Waals surface area contributed by atoms with Gasteiger partial charge in [-0.15, -0.1) is 0 Å². The molecule has 1 saturated carbocycles. The van der Waals surface area contributed by atoms with E-state index in [9.17, 15) is 0 Å². The van der Waals surface area contributed by atoms with Crippen LogP contribution in [0.3, 0.4) is 0 Å². The van der Waals surface area contributed by atoms with Crippen LogP contribution in [0.15, 0.2) is 29.4 Å². The highest BCUT2D eigenvalue weighted by molar-refractivity contribution is 6.02. The number of oxime groups is 1. The maximum absolute atomic E-state index is 8.86. The molecule has 1 fully saturated rings. The third kappa shape index (κ3) is 3.40. The minimum Gasteiger partial charge on any atom is -0.409 e. The molecule has 0 aromatic heterocycles. The van der Waals surface area contributed by atoms with E-state index >= 15 is 0 Å². The molecule has 1 aliphatic carbocycles. The van der Waals surface area contributed by atoms with Gasteiger partial charge in [0.1, 0.15) is 0 Å². The van der Waals surface area contributed by atoms with E-state index in [0.29, 0.717) is 0 Å². The average molecular weight is 261 g/mol. The van der Waals surface area contributed by atoms with Gasteiger partial charge in [0.2, 0.25) is 0 Å². The van der Waals surface area contributed by atoms with Crippen LogP contribution < -0.4 is 10.6 Å². The Kier molecular flexibility index (Phi) is 4.66. The van der Waals surface area contributed by atoms with Crippen LogP contribution in [0, 0.1) is 5.92 Å². The topological polar surface area (TPSA) is 61.8 Å². The van der Waals surface area contributed by atoms with Crippen LogP contribution in [0.4, 0.5) is 5.69 Å². The van der Waals surface area contributed by atoms with Gasteiger partial charge in [-0.1, -0.05) is 36.6 Å². The van der Waals surface area contributed by atoms with E-state index in [-0.39, 0.29) is 5.84 Å². The fourth-order valence-corrected chi connectivity index (χ4v) is 2.93. The number of para-hydroxylation sites is 1. The highest BCUT2D eigenvalue weighted by Crippen LogP contribution is 2.27. The van der Waals surface area contributed by atoms with Crippen LogP contribution >= 0.6 is 0 Å². The predicted molar refractivity (Wildman–Crippen MR) is 78.8 cm³/mol. The van der Waals surface area contributed by atoms with Crippen molar-refractivity contribution in [1.82, 2.24) is 0 Å². The van der Waals surface area contributed by atoms with Crippen LogP contribution in [0.25, 0.3) is 0 Å². The van der Waals surface area contributed by atoms with Gasteiger partial charge in [-0.05, 0) is 30.9 Å². The summed E-state index contributed by atoms with van der Waals surface area (Å²) in [7, 11) is 2.08. The largest absolute Gasteiger partial charge is 0.409 e. The molecule has 0 amide bonds. The van der Waals surface area contributed by atoms with Crippen molar-refractivity contribution in [1.29, 1.82) is 0 Å². The summed E-state index contributed by atoms with van der Waals surface area (Å²) in [5.41, 5.74) is 7.57. The molecule has 1 aromatic rings. The van der Waals surface area contributed by atoms with E-state index in [2.05, 4.69) is 17.1 Å². The molecule has 0 heterocycles. The normalized spacial score (nSPS) is 17.4. The van der Waals surface area contributed by atoms with Crippen LogP contribution in [-0.4, -0.2) is 24.6 Å². The van der Waals surface area contributed by atoms with Crippen LogP contribution in [0.5, 0.6) is 0 Å². The smallest absolute Gasteiger partial charge is 0.172 e. The van der Waals surface area contributed by atoms with E-state index in [1.165, 1.54) is 32.1 Å². The number of hydrogen-bond donors (Lipinski definition) is 2. The standard InChI is InChI=1S/C15H23N3O/c1-18(11-12-7-3-2-4-8-12)14-10-6-5-9-13(14)15(16)17-19/h5-6,9-10,12,19H,2-4,7-8,11H2,1H3,(H2,16,17). The average Bonchev–Trinajstić information content (AvgIpc) is 2.47. The summed E-state index contributed by atoms with van der Waals surface area (Å²) >= 11 is 0. The Bertz CT molecular complexity index is 439. The summed E-state index contributed by atoms with van der Waals surface area (Å²) in [6, 6.07) is 7.81. The highest BCUT2D eigenvalue weighted by atomic mass is 16.4. The number of anilines is 1. The van der Waals surface area contributed by atoms with Gasteiger partial charge in [-0.3, -0.25) is 0 Å². The van der Waals surface area contributed by atoms with Gasteiger partial charge < -0.3 is 15.8 Å². The second-order valence-electron chi connectivity index (χ2n) is 5.39. The summed E-state index contributed by atoms with van der Waals surface area (Å²) in [5, 5.41) is 12.0. The molecule has 1 aromatic carbocycles. The molecule has 0 aliphatic heterocycles. The number of nitrogens with two attached hydrogens (primary N) is 1. The number of benzene rings is 1. The Morgan fingerprint density at radius 3 is 2.68 bits per heavy atom. The van der Waals surface area contributed by atoms with E-state index in [0.717, 1.165) is 23.7 Å². The minimum atomic E-state index is 0.172. The van der Waals surface area contributed by atoms with E-state index < -0.39 is 0 Å². The van der Waals surface area contributed by atoms with Crippen molar-refractivity contribution in [2.45, 2.75) is 32.1 Å². The Morgan fingerprint density at radius 2 is 2.00 bits per heavy atom. The van der Waals surface area contributed by atoms with Crippen molar-refractivity contribution in [2.24, 2.45) is 16.8 Å². The van der Waals surface area contributed by atoms with Crippen molar-refractivity contribution >= 4 is 11.5 Å². The van der Waals surface area contributed by atoms with Gasteiger partial charge in [0.25, 0.3) is 0 Å². The Morgan fingerprint density at radius 1 is 1.32 bits per heavy atom. The lowest BCUT2D eigenvalue weighted by molar-refractivity contribution is 0.318. The van der Waals surface area contributed by atoms with Crippen molar-refractivity contribution in [2.75, 3.05) is 18.5 Å². The zero-order valence-electron chi connectivity index (χ0n) is 11.5. The molecular weight excluding hydrogens is 238 g/mol. The fourth-order valence-electron chi connectivity index (χ4n) is 2.93. The first-order chi connectivity index (χ1) is 9.22. The molecule has 1 aliphatic rings. The lowest BCUT2D eigenvalue weighted by atomic mass is 9.89. The summed E-state index contributed by atoms with van der Waals surface area (Å²) in [5.74, 6) is 0.935. The first-order valence-electron chi connectivity index (χ1n) is 7.00. The minimum absolute atomic E-state index is 0.172. The van der Waals surface area contributed by atoms with Gasteiger partial charge in [0.05, 0.1) is 0 Å². The lowest BCUT2D eigenvalue weighted by Crippen LogP contribution is -2.29. The SMILES string of the molecule is CN(CC1CCCCC1)c1ccccc1C(N)=NO. The first-order valence-corrected chi connectivity index (χ1v) is 7.00. The van der Waals surface area contributed by atoms with Crippen LogP contribution in [-0.2, 0) is 0 Å². The summed E-state index contributed by atoms with van der Waals surface area (Å²) in [6.07, 6.45) is 6.70. The Labute approximate surface area is 114 Å². The zero-order valence-corrected chi connectivity index (χ0v) is 11.5. The van der Waals surface area contributed by atoms with E-state index in [1.807, 2.05) is 24.3 Å². The maximum Gasteiger partial charge on any atom is 0.172 e. The van der Waals surface area contributed by atoms with E-state index in [1.54, 1.807) is 0 Å². The van der Waals surface area contributed by atoms with Crippen molar-refractivity contribution in [3.63, 3.8) is 0 Å². The summed E-state index contributed by atoms with van der Waals surface area (Å²) in [6.45, 7) is 1.04. The van der Waals surface area contributed by atoms with Gasteiger partial charge in [0.15, 0.2) is 5.84 Å². The molecular formula is C15H23N3O. The third-order valence-corrected chi connectivity index (χ3v) is 3.96. The first kappa shape index (κ1) is 13.7. The molecule has 19 heavy (non-hydrogen) atoms. The molecule has 0 radical (unpaired) electrons. The van der Waals surface area contributed by atoms with Gasteiger partial charge in [0, 0.05) is 24.8 Å². The zero-order chi connectivity index (χ0) is 13.7. The molecule has 0 bridgehead atoms. The Hall–Kier alpha value is -1.71. The Balaban J connectivity index is 2.11. The van der Waals surface area contributed by atoms with Gasteiger partial charge >= 0.3 is 0 Å². The molecule has 104 valence electrons. The van der Waals surface area contributed by atoms with E-state index in [4.69, 9.17) is 10.9 Å². The molecule has 0 spiro atoms. The van der Waals surface area contributed by atoms with Crippen molar-refractivity contribution in [3.05, 3.63) is 29.8 Å². The number of nitrogens with zero attached hydrogens (tertiary/aromatic N) is 2. The maximum atomic E-state index is 8.86. The molecule has 3 N–H and O–H groups in total. The van der Waals surface area contributed by atoms with Gasteiger partial charge in [-0.2, -0.15) is 0 Å². The van der Waals surface area contributed by atoms with Crippen molar-refractivity contribution < 1.29 is 5.21 Å². The predicted octanol–water partition coefficient (Wildman–Crippen LogP) is 2.80. The van der Waals surface area contributed by atoms with Crippen molar-refractivity contribution in [3.8, 4) is 0 Å². The fraction of sp³-hybridized carbons (Fsp3) is 0.533. The molecule has 4 nitrogen and oxygen atoms in total. The summed E-state index contributed by atoms with van der Waals surface area (Å²) < 4.78 is 0. The summed E-state index contributed by atoms with van der Waals surface area (Å²) in [4.78, 5) is 2.23.